The molecule has 1 fully saturated rings. The molecule has 0 aliphatic carbocycles. The van der Waals surface area contributed by atoms with E-state index in [-0.39, 0.29) is 17.3 Å². The molecule has 0 unspecified atom stereocenters. The average molecular weight is 427 g/mol. The van der Waals surface area contributed by atoms with Gasteiger partial charge in [0.1, 0.15) is 11.6 Å². The third-order valence-corrected chi connectivity index (χ3v) is 5.75. The summed E-state index contributed by atoms with van der Waals surface area (Å²) in [4.78, 5) is 14.9. The van der Waals surface area contributed by atoms with E-state index < -0.39 is 10.0 Å². The summed E-state index contributed by atoms with van der Waals surface area (Å²) in [6, 6.07) is 11.5. The van der Waals surface area contributed by atoms with Crippen LogP contribution >= 0.6 is 0 Å². The molecular formula is C20H21N5O4S. The molecule has 4 rings (SSSR count). The lowest BCUT2D eigenvalue weighted by Crippen LogP contribution is -2.37. The highest BCUT2D eigenvalue weighted by Crippen LogP contribution is 2.26. The van der Waals surface area contributed by atoms with E-state index in [0.717, 1.165) is 0 Å². The van der Waals surface area contributed by atoms with E-state index in [0.29, 0.717) is 49.1 Å². The lowest BCUT2D eigenvalue weighted by atomic mass is 10.1. The number of anilines is 2. The maximum absolute atomic E-state index is 12.7. The molecule has 0 bridgehead atoms. The maximum Gasteiger partial charge on any atom is 0.238 e. The van der Waals surface area contributed by atoms with Crippen LogP contribution in [0.5, 0.6) is 5.75 Å². The van der Waals surface area contributed by atoms with Gasteiger partial charge < -0.3 is 14.7 Å². The molecular weight excluding hydrogens is 406 g/mol. The highest BCUT2D eigenvalue weighted by Gasteiger charge is 2.19. The molecule has 0 saturated carbocycles. The molecule has 1 saturated heterocycles. The topological polar surface area (TPSA) is 118 Å². The fourth-order valence-electron chi connectivity index (χ4n) is 3.10. The van der Waals surface area contributed by atoms with Crippen LogP contribution in [0.15, 0.2) is 54.9 Å². The lowest BCUT2D eigenvalue weighted by molar-refractivity contribution is 0.122. The maximum atomic E-state index is 12.7. The number of rotatable bonds is 6. The molecule has 9 nitrogen and oxygen atoms in total. The third-order valence-electron chi connectivity index (χ3n) is 4.52. The Morgan fingerprint density at radius 3 is 2.57 bits per heavy atom. The van der Waals surface area contributed by atoms with Crippen molar-refractivity contribution in [1.29, 1.82) is 0 Å². The first-order chi connectivity index (χ1) is 14.5. The van der Waals surface area contributed by atoms with E-state index in [1.807, 2.05) is 4.90 Å². The molecule has 0 spiro atoms. The monoisotopic (exact) mass is 427 g/mol. The van der Waals surface area contributed by atoms with Crippen LogP contribution in [0, 0.1) is 0 Å². The van der Waals surface area contributed by atoms with Gasteiger partial charge in [0.25, 0.3) is 0 Å². The summed E-state index contributed by atoms with van der Waals surface area (Å²) in [5, 5.41) is 9.83. The number of ether oxygens (including phenoxy) is 1. The Morgan fingerprint density at radius 2 is 1.83 bits per heavy atom. The molecule has 2 N–H and O–H groups in total. The molecule has 3 aromatic rings. The van der Waals surface area contributed by atoms with Gasteiger partial charge in [0.05, 0.1) is 24.7 Å². The summed E-state index contributed by atoms with van der Waals surface area (Å²) >= 11 is 0. The van der Waals surface area contributed by atoms with Crippen molar-refractivity contribution >= 4 is 21.8 Å². The van der Waals surface area contributed by atoms with Gasteiger partial charge in [-0.25, -0.2) is 13.4 Å². The van der Waals surface area contributed by atoms with Crippen molar-refractivity contribution in [1.82, 2.24) is 15.0 Å². The van der Waals surface area contributed by atoms with Crippen LogP contribution in [0.4, 0.5) is 11.8 Å². The first-order valence-electron chi connectivity index (χ1n) is 9.39. The van der Waals surface area contributed by atoms with E-state index in [2.05, 4.69) is 19.7 Å². The second-order valence-corrected chi connectivity index (χ2v) is 8.53. The lowest BCUT2D eigenvalue weighted by Gasteiger charge is -2.27. The van der Waals surface area contributed by atoms with Crippen molar-refractivity contribution in [3.8, 4) is 17.0 Å². The van der Waals surface area contributed by atoms with Gasteiger partial charge in [-0.15, -0.1) is 0 Å². The largest absolute Gasteiger partial charge is 0.508 e. The standard InChI is InChI=1S/C20H21N5O4S/c26-17-3-1-2-16(12-17)18-13-19(23-20(22-18)25-8-10-29-11-9-25)24-30(27,28)14-15-4-6-21-7-5-15/h1-7,12-13,26H,8-11,14H2,(H,22,23,24). The van der Waals surface area contributed by atoms with Gasteiger partial charge in [-0.05, 0) is 29.8 Å². The predicted molar refractivity (Wildman–Crippen MR) is 113 cm³/mol. The molecule has 1 aliphatic heterocycles. The number of hydrogen-bond acceptors (Lipinski definition) is 8. The number of aromatic nitrogens is 3. The Hall–Kier alpha value is -3.24. The summed E-state index contributed by atoms with van der Waals surface area (Å²) in [5.74, 6) is 0.465. The van der Waals surface area contributed by atoms with Crippen molar-refractivity contribution in [2.24, 2.45) is 0 Å². The number of nitrogens with zero attached hydrogens (tertiary/aromatic N) is 4. The second-order valence-electron chi connectivity index (χ2n) is 6.80. The van der Waals surface area contributed by atoms with Gasteiger partial charge in [-0.1, -0.05) is 12.1 Å². The number of nitrogens with one attached hydrogen (secondary N) is 1. The Morgan fingerprint density at radius 1 is 1.07 bits per heavy atom. The quantitative estimate of drug-likeness (QED) is 0.614. The zero-order valence-corrected chi connectivity index (χ0v) is 16.9. The number of hydrogen-bond donors (Lipinski definition) is 2. The molecule has 30 heavy (non-hydrogen) atoms. The smallest absolute Gasteiger partial charge is 0.238 e. The Kier molecular flexibility index (Phi) is 5.77. The minimum Gasteiger partial charge on any atom is -0.508 e. The number of aromatic hydroxyl groups is 1. The molecule has 0 amide bonds. The molecule has 10 heteroatoms. The van der Waals surface area contributed by atoms with Gasteiger partial charge in [-0.3, -0.25) is 9.71 Å². The Bertz CT molecular complexity index is 1120. The number of phenolic OH excluding ortho intramolecular Hbond substituents is 1. The SMILES string of the molecule is O=S(=O)(Cc1ccncc1)Nc1cc(-c2cccc(O)c2)nc(N2CCOCC2)n1. The molecule has 1 aliphatic rings. The molecule has 0 atom stereocenters. The van der Waals surface area contributed by atoms with Crippen molar-refractivity contribution in [3.63, 3.8) is 0 Å². The van der Waals surface area contributed by atoms with Crippen LogP contribution in [-0.4, -0.2) is 54.8 Å². The zero-order valence-electron chi connectivity index (χ0n) is 16.1. The zero-order chi connectivity index (χ0) is 21.0. The van der Waals surface area contributed by atoms with E-state index >= 15 is 0 Å². The van der Waals surface area contributed by atoms with E-state index in [1.54, 1.807) is 54.9 Å². The van der Waals surface area contributed by atoms with Crippen molar-refractivity contribution in [3.05, 3.63) is 60.4 Å². The van der Waals surface area contributed by atoms with Gasteiger partial charge in [0.15, 0.2) is 0 Å². The van der Waals surface area contributed by atoms with Gasteiger partial charge >= 0.3 is 0 Å². The normalized spacial score (nSPS) is 14.5. The van der Waals surface area contributed by atoms with Gasteiger partial charge in [0, 0.05) is 37.1 Å². The van der Waals surface area contributed by atoms with Crippen LogP contribution < -0.4 is 9.62 Å². The van der Waals surface area contributed by atoms with Crippen LogP contribution in [0.3, 0.4) is 0 Å². The number of morpholine rings is 1. The third kappa shape index (κ3) is 5.02. The summed E-state index contributed by atoms with van der Waals surface area (Å²) in [6.07, 6.45) is 3.10. The summed E-state index contributed by atoms with van der Waals surface area (Å²) in [5.41, 5.74) is 1.78. The molecule has 0 radical (unpaired) electrons. The van der Waals surface area contributed by atoms with E-state index in [1.165, 1.54) is 0 Å². The summed E-state index contributed by atoms with van der Waals surface area (Å²) in [6.45, 7) is 2.30. The molecule has 156 valence electrons. The van der Waals surface area contributed by atoms with Crippen molar-refractivity contribution < 1.29 is 18.3 Å². The Labute approximate surface area is 174 Å². The Balaban J connectivity index is 1.68. The fraction of sp³-hybridized carbons (Fsp3) is 0.250. The molecule has 3 heterocycles. The highest BCUT2D eigenvalue weighted by molar-refractivity contribution is 7.91. The molecule has 2 aromatic heterocycles. The van der Waals surface area contributed by atoms with Gasteiger partial charge in [0.2, 0.25) is 16.0 Å². The summed E-state index contributed by atoms with van der Waals surface area (Å²) in [7, 11) is -3.70. The minimum absolute atomic E-state index is 0.0962. The number of phenols is 1. The van der Waals surface area contributed by atoms with Crippen molar-refractivity contribution in [2.75, 3.05) is 35.9 Å². The first kappa shape index (κ1) is 20.0. The summed E-state index contributed by atoms with van der Waals surface area (Å²) < 4.78 is 33.3. The van der Waals surface area contributed by atoms with Crippen molar-refractivity contribution in [2.45, 2.75) is 5.75 Å². The minimum atomic E-state index is -3.70. The average Bonchev–Trinajstić information content (AvgIpc) is 2.74. The highest BCUT2D eigenvalue weighted by atomic mass is 32.2. The van der Waals surface area contributed by atoms with E-state index in [4.69, 9.17) is 4.74 Å². The van der Waals surface area contributed by atoms with Crippen LogP contribution in [0.25, 0.3) is 11.3 Å². The predicted octanol–water partition coefficient (Wildman–Crippen LogP) is 2.02. The second kappa shape index (κ2) is 8.64. The first-order valence-corrected chi connectivity index (χ1v) is 11.0. The number of sulfonamides is 1. The molecule has 1 aromatic carbocycles. The number of benzene rings is 1. The van der Waals surface area contributed by atoms with Crippen LogP contribution in [-0.2, 0) is 20.5 Å². The van der Waals surface area contributed by atoms with Crippen LogP contribution in [0.2, 0.25) is 0 Å². The fourth-order valence-corrected chi connectivity index (χ4v) is 4.23. The van der Waals surface area contributed by atoms with E-state index in [9.17, 15) is 13.5 Å². The van der Waals surface area contributed by atoms with Gasteiger partial charge in [-0.2, -0.15) is 4.98 Å². The number of pyridine rings is 1. The van der Waals surface area contributed by atoms with Crippen LogP contribution in [0.1, 0.15) is 5.56 Å².